The minimum Gasteiger partial charge on any atom is -0.490 e. The van der Waals surface area contributed by atoms with Crippen LogP contribution in [0.1, 0.15) is 42.6 Å². The molecule has 3 rings (SSSR count). The number of aromatic nitrogens is 1. The number of pyridine rings is 1. The molecule has 5 heteroatoms. The molecule has 1 aromatic carbocycles. The topological polar surface area (TPSA) is 54.5 Å². The molecule has 2 aromatic rings. The van der Waals surface area contributed by atoms with Crippen molar-refractivity contribution in [3.8, 4) is 5.75 Å². The quantitative estimate of drug-likeness (QED) is 0.743. The van der Waals surface area contributed by atoms with Crippen molar-refractivity contribution in [3.63, 3.8) is 0 Å². The Morgan fingerprint density at radius 2 is 2.11 bits per heavy atom. The van der Waals surface area contributed by atoms with E-state index in [-0.39, 0.29) is 12.0 Å². The lowest BCUT2D eigenvalue weighted by atomic mass is 10.1. The van der Waals surface area contributed by atoms with Gasteiger partial charge in [-0.25, -0.2) is 0 Å². The van der Waals surface area contributed by atoms with E-state index in [2.05, 4.69) is 35.1 Å². The maximum atomic E-state index is 12.4. The molecule has 1 saturated heterocycles. The molecule has 1 aliphatic heterocycles. The predicted molar refractivity (Wildman–Crippen MR) is 111 cm³/mol. The van der Waals surface area contributed by atoms with Gasteiger partial charge in [-0.05, 0) is 56.5 Å². The van der Waals surface area contributed by atoms with Crippen LogP contribution >= 0.6 is 0 Å². The molecular formula is C23H29N3O2. The van der Waals surface area contributed by atoms with E-state index in [9.17, 15) is 4.79 Å². The molecule has 0 aliphatic carbocycles. The van der Waals surface area contributed by atoms with Crippen molar-refractivity contribution in [2.24, 2.45) is 0 Å². The number of ether oxygens (including phenoxy) is 1. The number of nitrogens with zero attached hydrogens (tertiary/aromatic N) is 2. The molecule has 148 valence electrons. The van der Waals surface area contributed by atoms with Gasteiger partial charge in [0.05, 0.1) is 0 Å². The zero-order valence-corrected chi connectivity index (χ0v) is 16.7. The Labute approximate surface area is 167 Å². The highest BCUT2D eigenvalue weighted by Gasteiger charge is 2.20. The molecule has 2 heterocycles. The fourth-order valence-corrected chi connectivity index (χ4v) is 3.32. The van der Waals surface area contributed by atoms with Crippen LogP contribution in [-0.4, -0.2) is 41.5 Å². The zero-order valence-electron chi connectivity index (χ0n) is 16.7. The van der Waals surface area contributed by atoms with Gasteiger partial charge in [-0.3, -0.25) is 14.7 Å². The fourth-order valence-electron chi connectivity index (χ4n) is 3.32. The molecular weight excluding hydrogens is 350 g/mol. The molecule has 1 fully saturated rings. The second kappa shape index (κ2) is 10.0. The Bertz CT molecular complexity index is 797. The summed E-state index contributed by atoms with van der Waals surface area (Å²) >= 11 is 0. The van der Waals surface area contributed by atoms with Gasteiger partial charge in [-0.2, -0.15) is 0 Å². The summed E-state index contributed by atoms with van der Waals surface area (Å²) in [6, 6.07) is 11.2. The third kappa shape index (κ3) is 5.92. The summed E-state index contributed by atoms with van der Waals surface area (Å²) in [6.45, 7) is 7.85. The second-order valence-electron chi connectivity index (χ2n) is 7.30. The number of benzene rings is 1. The van der Waals surface area contributed by atoms with Crippen molar-refractivity contribution in [2.75, 3.05) is 19.6 Å². The molecule has 0 atom stereocenters. The predicted octanol–water partition coefficient (Wildman–Crippen LogP) is 3.82. The maximum Gasteiger partial charge on any atom is 0.251 e. The summed E-state index contributed by atoms with van der Waals surface area (Å²) in [5, 5.41) is 2.93. The number of carbonyl (C=O) groups excluding carboxylic acids is 1. The highest BCUT2D eigenvalue weighted by Crippen LogP contribution is 2.21. The van der Waals surface area contributed by atoms with Crippen LogP contribution < -0.4 is 10.1 Å². The van der Waals surface area contributed by atoms with Gasteiger partial charge in [0.2, 0.25) is 0 Å². The maximum absolute atomic E-state index is 12.4. The standard InChI is InChI=1S/C23H29N3O2/c1-3-18(2)17-26-12-9-21(10-13-26)28-22-8-4-7-20(14-22)23(27)25-16-19-6-5-11-24-15-19/h3-8,11,14-15,21H,9-10,12-13,16-17H2,1-2H3,(H,25,27). The van der Waals surface area contributed by atoms with E-state index >= 15 is 0 Å². The van der Waals surface area contributed by atoms with Crippen LogP contribution in [0.15, 0.2) is 60.4 Å². The van der Waals surface area contributed by atoms with Gasteiger partial charge in [0, 0.05) is 44.1 Å². The van der Waals surface area contributed by atoms with Crippen molar-refractivity contribution >= 4 is 5.91 Å². The molecule has 0 saturated carbocycles. The first-order chi connectivity index (χ1) is 13.6. The molecule has 0 spiro atoms. The summed E-state index contributed by atoms with van der Waals surface area (Å²) in [7, 11) is 0. The molecule has 1 aliphatic rings. The van der Waals surface area contributed by atoms with E-state index in [1.165, 1.54) is 5.57 Å². The van der Waals surface area contributed by atoms with E-state index in [0.29, 0.717) is 12.1 Å². The summed E-state index contributed by atoms with van der Waals surface area (Å²) in [5.41, 5.74) is 3.00. The van der Waals surface area contributed by atoms with Crippen LogP contribution in [0.4, 0.5) is 0 Å². The number of hydrogen-bond acceptors (Lipinski definition) is 4. The van der Waals surface area contributed by atoms with Crippen molar-refractivity contribution in [2.45, 2.75) is 39.3 Å². The lowest BCUT2D eigenvalue weighted by Crippen LogP contribution is -2.39. The summed E-state index contributed by atoms with van der Waals surface area (Å²) in [5.74, 6) is 0.656. The third-order valence-corrected chi connectivity index (χ3v) is 5.08. The first-order valence-electron chi connectivity index (χ1n) is 9.92. The third-order valence-electron chi connectivity index (χ3n) is 5.08. The van der Waals surface area contributed by atoms with E-state index in [0.717, 1.165) is 43.8 Å². The van der Waals surface area contributed by atoms with Gasteiger partial charge in [-0.1, -0.05) is 23.8 Å². The van der Waals surface area contributed by atoms with E-state index in [1.807, 2.05) is 36.4 Å². The van der Waals surface area contributed by atoms with Gasteiger partial charge in [0.25, 0.3) is 5.91 Å². The molecule has 1 aromatic heterocycles. The van der Waals surface area contributed by atoms with Crippen molar-refractivity contribution < 1.29 is 9.53 Å². The zero-order chi connectivity index (χ0) is 19.8. The number of nitrogens with one attached hydrogen (secondary N) is 1. The van der Waals surface area contributed by atoms with E-state index in [1.54, 1.807) is 12.4 Å². The first kappa shape index (κ1) is 20.1. The van der Waals surface area contributed by atoms with Crippen LogP contribution in [0, 0.1) is 0 Å². The van der Waals surface area contributed by atoms with Crippen LogP contribution in [0.25, 0.3) is 0 Å². The monoisotopic (exact) mass is 379 g/mol. The largest absolute Gasteiger partial charge is 0.490 e. The lowest BCUT2D eigenvalue weighted by Gasteiger charge is -2.32. The fraction of sp³-hybridized carbons (Fsp3) is 0.391. The summed E-state index contributed by atoms with van der Waals surface area (Å²) < 4.78 is 6.16. The molecule has 28 heavy (non-hydrogen) atoms. The minimum atomic E-state index is -0.106. The Morgan fingerprint density at radius 1 is 1.29 bits per heavy atom. The first-order valence-corrected chi connectivity index (χ1v) is 9.92. The van der Waals surface area contributed by atoms with Gasteiger partial charge in [0.15, 0.2) is 0 Å². The molecule has 5 nitrogen and oxygen atoms in total. The smallest absolute Gasteiger partial charge is 0.251 e. The molecule has 0 bridgehead atoms. The van der Waals surface area contributed by atoms with Gasteiger partial charge < -0.3 is 10.1 Å². The van der Waals surface area contributed by atoms with Crippen LogP contribution in [0.3, 0.4) is 0 Å². The second-order valence-corrected chi connectivity index (χ2v) is 7.30. The average molecular weight is 380 g/mol. The number of carbonyl (C=O) groups is 1. The summed E-state index contributed by atoms with van der Waals surface area (Å²) in [4.78, 5) is 19.0. The van der Waals surface area contributed by atoms with Crippen LogP contribution in [-0.2, 0) is 6.54 Å². The minimum absolute atomic E-state index is 0.106. The Balaban J connectivity index is 1.50. The number of hydrogen-bond donors (Lipinski definition) is 1. The number of rotatable bonds is 7. The SMILES string of the molecule is CC=C(C)CN1CCC(Oc2cccc(C(=O)NCc3cccnc3)c2)CC1. The Morgan fingerprint density at radius 3 is 2.82 bits per heavy atom. The molecule has 0 radical (unpaired) electrons. The van der Waals surface area contributed by atoms with E-state index < -0.39 is 0 Å². The Kier molecular flexibility index (Phi) is 7.20. The Hall–Kier alpha value is -2.66. The van der Waals surface area contributed by atoms with E-state index in [4.69, 9.17) is 4.74 Å². The molecule has 0 unspecified atom stereocenters. The number of piperidine rings is 1. The number of amides is 1. The lowest BCUT2D eigenvalue weighted by molar-refractivity contribution is 0.0945. The van der Waals surface area contributed by atoms with Crippen molar-refractivity contribution in [1.82, 2.24) is 15.2 Å². The van der Waals surface area contributed by atoms with Gasteiger partial charge in [0.1, 0.15) is 11.9 Å². The van der Waals surface area contributed by atoms with Crippen molar-refractivity contribution in [1.29, 1.82) is 0 Å². The molecule has 1 N–H and O–H groups in total. The van der Waals surface area contributed by atoms with Crippen LogP contribution in [0.2, 0.25) is 0 Å². The van der Waals surface area contributed by atoms with Crippen molar-refractivity contribution in [3.05, 3.63) is 71.6 Å². The highest BCUT2D eigenvalue weighted by atomic mass is 16.5. The number of allylic oxidation sites excluding steroid dienone is 1. The van der Waals surface area contributed by atoms with Crippen LogP contribution in [0.5, 0.6) is 5.75 Å². The van der Waals surface area contributed by atoms with Gasteiger partial charge in [-0.15, -0.1) is 0 Å². The molecule has 1 amide bonds. The number of likely N-dealkylation sites (tertiary alicyclic amines) is 1. The highest BCUT2D eigenvalue weighted by molar-refractivity contribution is 5.94. The summed E-state index contributed by atoms with van der Waals surface area (Å²) in [6.07, 6.45) is 7.87. The average Bonchev–Trinajstić information content (AvgIpc) is 2.74. The van der Waals surface area contributed by atoms with Gasteiger partial charge >= 0.3 is 0 Å². The normalized spacial score (nSPS) is 16.0.